The molecule has 4 heteroatoms. The number of benzene rings is 1. The summed E-state index contributed by atoms with van der Waals surface area (Å²) in [6, 6.07) is 5.83. The molecule has 1 aromatic carbocycles. The summed E-state index contributed by atoms with van der Waals surface area (Å²) >= 11 is 8.53. The first-order valence-electron chi connectivity index (χ1n) is 6.73. The van der Waals surface area contributed by atoms with Crippen LogP contribution < -0.4 is 10.5 Å². The van der Waals surface area contributed by atoms with Crippen molar-refractivity contribution in [3.63, 3.8) is 0 Å². The molecule has 0 bridgehead atoms. The van der Waals surface area contributed by atoms with E-state index in [0.29, 0.717) is 10.9 Å². The van der Waals surface area contributed by atoms with Crippen molar-refractivity contribution in [2.45, 2.75) is 39.2 Å². The summed E-state index contributed by atoms with van der Waals surface area (Å²) in [6.45, 7) is 4.62. The minimum atomic E-state index is 0.278. The van der Waals surface area contributed by atoms with E-state index in [-0.39, 0.29) is 6.10 Å². The first-order valence-corrected chi connectivity index (χ1v) is 7.93. The molecule has 104 valence electrons. The summed E-state index contributed by atoms with van der Waals surface area (Å²) in [5.41, 5.74) is 6.58. The Kier molecular flexibility index (Phi) is 4.85. The maximum absolute atomic E-state index is 6.13. The monoisotopic (exact) mass is 341 g/mol. The molecule has 3 atom stereocenters. The number of thiocarbonyl (C=S) groups is 1. The van der Waals surface area contributed by atoms with Crippen molar-refractivity contribution in [1.29, 1.82) is 0 Å². The molecule has 1 aliphatic rings. The first kappa shape index (κ1) is 14.8. The summed E-state index contributed by atoms with van der Waals surface area (Å²) in [6.07, 6.45) is 3.72. The fraction of sp³-hybridized carbons (Fsp3) is 0.533. The number of hydrogen-bond donors (Lipinski definition) is 1. The lowest BCUT2D eigenvalue weighted by Gasteiger charge is -2.32. The molecule has 1 saturated carbocycles. The lowest BCUT2D eigenvalue weighted by Crippen LogP contribution is -2.29. The standard InChI is InChI=1S/C15H20BrNOS/c1-9-3-5-12(7-10(9)2)18-14-6-4-11(16)8-13(14)15(17)19/h4,6,8-10,12H,3,5,7H2,1-2H3,(H2,17,19). The first-order chi connectivity index (χ1) is 8.97. The van der Waals surface area contributed by atoms with Crippen LogP contribution >= 0.6 is 28.1 Å². The van der Waals surface area contributed by atoms with E-state index in [0.717, 1.165) is 34.5 Å². The number of ether oxygens (including phenoxy) is 1. The van der Waals surface area contributed by atoms with Crippen LogP contribution in [-0.2, 0) is 0 Å². The highest BCUT2D eigenvalue weighted by atomic mass is 79.9. The third kappa shape index (κ3) is 3.69. The quantitative estimate of drug-likeness (QED) is 0.833. The molecule has 1 aromatic rings. The third-order valence-electron chi connectivity index (χ3n) is 4.05. The van der Waals surface area contributed by atoms with E-state index in [9.17, 15) is 0 Å². The molecule has 0 amide bonds. The Balaban J connectivity index is 2.13. The summed E-state index contributed by atoms with van der Waals surface area (Å²) in [4.78, 5) is 0.383. The topological polar surface area (TPSA) is 35.2 Å². The van der Waals surface area contributed by atoms with Crippen LogP contribution in [0.1, 0.15) is 38.7 Å². The Hall–Kier alpha value is -0.610. The molecular formula is C15H20BrNOS. The summed E-state index contributed by atoms with van der Waals surface area (Å²) < 4.78 is 7.10. The van der Waals surface area contributed by atoms with E-state index in [2.05, 4.69) is 29.8 Å². The van der Waals surface area contributed by atoms with Crippen molar-refractivity contribution in [2.75, 3.05) is 0 Å². The largest absolute Gasteiger partial charge is 0.490 e. The van der Waals surface area contributed by atoms with Crippen molar-refractivity contribution in [3.8, 4) is 5.75 Å². The Morgan fingerprint density at radius 3 is 2.68 bits per heavy atom. The van der Waals surface area contributed by atoms with Crippen LogP contribution in [0.15, 0.2) is 22.7 Å². The zero-order valence-corrected chi connectivity index (χ0v) is 13.8. The molecule has 2 nitrogen and oxygen atoms in total. The van der Waals surface area contributed by atoms with E-state index in [1.54, 1.807) is 0 Å². The van der Waals surface area contributed by atoms with Gasteiger partial charge in [0.05, 0.1) is 11.7 Å². The average molecular weight is 342 g/mol. The molecule has 0 heterocycles. The SMILES string of the molecule is CC1CCC(Oc2ccc(Br)cc2C(N)=S)CC1C. The average Bonchev–Trinajstić information content (AvgIpc) is 2.36. The van der Waals surface area contributed by atoms with E-state index >= 15 is 0 Å². The molecule has 2 rings (SSSR count). The van der Waals surface area contributed by atoms with Gasteiger partial charge in [-0.15, -0.1) is 0 Å². The van der Waals surface area contributed by atoms with Crippen LogP contribution in [0.25, 0.3) is 0 Å². The Labute approximate surface area is 128 Å². The van der Waals surface area contributed by atoms with E-state index < -0.39 is 0 Å². The molecule has 0 saturated heterocycles. The maximum Gasteiger partial charge on any atom is 0.129 e. The molecular weight excluding hydrogens is 322 g/mol. The zero-order chi connectivity index (χ0) is 14.0. The van der Waals surface area contributed by atoms with Crippen LogP contribution in [0, 0.1) is 11.8 Å². The number of hydrogen-bond acceptors (Lipinski definition) is 2. The highest BCUT2D eigenvalue weighted by Gasteiger charge is 2.26. The van der Waals surface area contributed by atoms with Gasteiger partial charge < -0.3 is 10.5 Å². The van der Waals surface area contributed by atoms with Gasteiger partial charge in [-0.3, -0.25) is 0 Å². The molecule has 1 aliphatic carbocycles. The highest BCUT2D eigenvalue weighted by Crippen LogP contribution is 2.33. The van der Waals surface area contributed by atoms with Crippen molar-refractivity contribution in [2.24, 2.45) is 17.6 Å². The van der Waals surface area contributed by atoms with Crippen LogP contribution in [0.3, 0.4) is 0 Å². The Morgan fingerprint density at radius 2 is 2.05 bits per heavy atom. The van der Waals surface area contributed by atoms with Crippen molar-refractivity contribution >= 4 is 33.1 Å². The fourth-order valence-electron chi connectivity index (χ4n) is 2.58. The highest BCUT2D eigenvalue weighted by molar-refractivity contribution is 9.10. The molecule has 0 radical (unpaired) electrons. The number of nitrogens with two attached hydrogens (primary N) is 1. The molecule has 1 fully saturated rings. The van der Waals surface area contributed by atoms with E-state index in [1.807, 2.05) is 18.2 Å². The Bertz CT molecular complexity index is 477. The predicted molar refractivity (Wildman–Crippen MR) is 86.6 cm³/mol. The molecule has 0 aliphatic heterocycles. The lowest BCUT2D eigenvalue weighted by atomic mass is 9.80. The van der Waals surface area contributed by atoms with Gasteiger partial charge in [-0.1, -0.05) is 42.0 Å². The maximum atomic E-state index is 6.13. The molecule has 19 heavy (non-hydrogen) atoms. The molecule has 2 N–H and O–H groups in total. The van der Waals surface area contributed by atoms with Crippen LogP contribution in [0.2, 0.25) is 0 Å². The molecule has 0 aromatic heterocycles. The second-order valence-corrected chi connectivity index (χ2v) is 6.87. The smallest absolute Gasteiger partial charge is 0.129 e. The van der Waals surface area contributed by atoms with Gasteiger partial charge in [0.1, 0.15) is 10.7 Å². The summed E-state index contributed by atoms with van der Waals surface area (Å²) in [5, 5.41) is 0. The zero-order valence-electron chi connectivity index (χ0n) is 11.4. The van der Waals surface area contributed by atoms with Gasteiger partial charge in [-0.2, -0.15) is 0 Å². The van der Waals surface area contributed by atoms with Crippen LogP contribution in [-0.4, -0.2) is 11.1 Å². The van der Waals surface area contributed by atoms with Crippen molar-refractivity contribution in [1.82, 2.24) is 0 Å². The Morgan fingerprint density at radius 1 is 1.32 bits per heavy atom. The van der Waals surface area contributed by atoms with Crippen molar-refractivity contribution in [3.05, 3.63) is 28.2 Å². The third-order valence-corrected chi connectivity index (χ3v) is 4.76. The van der Waals surface area contributed by atoms with Gasteiger partial charge in [0.25, 0.3) is 0 Å². The fourth-order valence-corrected chi connectivity index (χ4v) is 3.10. The molecule has 3 unspecified atom stereocenters. The number of halogens is 1. The van der Waals surface area contributed by atoms with E-state index in [1.165, 1.54) is 6.42 Å². The van der Waals surface area contributed by atoms with Crippen LogP contribution in [0.5, 0.6) is 5.75 Å². The lowest BCUT2D eigenvalue weighted by molar-refractivity contribution is 0.100. The van der Waals surface area contributed by atoms with Gasteiger partial charge in [-0.25, -0.2) is 0 Å². The number of rotatable bonds is 3. The van der Waals surface area contributed by atoms with Crippen LogP contribution in [0.4, 0.5) is 0 Å². The van der Waals surface area contributed by atoms with Gasteiger partial charge in [0.15, 0.2) is 0 Å². The second kappa shape index (κ2) is 6.23. The van der Waals surface area contributed by atoms with Crippen molar-refractivity contribution < 1.29 is 4.74 Å². The normalized spacial score (nSPS) is 27.0. The minimum Gasteiger partial charge on any atom is -0.490 e. The summed E-state index contributed by atoms with van der Waals surface area (Å²) in [7, 11) is 0. The van der Waals surface area contributed by atoms with Gasteiger partial charge in [-0.05, 0) is 49.3 Å². The van der Waals surface area contributed by atoms with Gasteiger partial charge in [0.2, 0.25) is 0 Å². The predicted octanol–water partition coefficient (Wildman–Crippen LogP) is 4.29. The van der Waals surface area contributed by atoms with E-state index in [4.69, 9.17) is 22.7 Å². The van der Waals surface area contributed by atoms with Gasteiger partial charge >= 0.3 is 0 Å². The molecule has 0 spiro atoms. The minimum absolute atomic E-state index is 0.278. The van der Waals surface area contributed by atoms with Gasteiger partial charge in [0, 0.05) is 4.47 Å². The summed E-state index contributed by atoms with van der Waals surface area (Å²) in [5.74, 6) is 2.31. The second-order valence-electron chi connectivity index (χ2n) is 5.51.